The van der Waals surface area contributed by atoms with Gasteiger partial charge in [-0.3, -0.25) is 10.2 Å². The van der Waals surface area contributed by atoms with Crippen LogP contribution in [0.15, 0.2) is 17.1 Å². The van der Waals surface area contributed by atoms with Gasteiger partial charge in [0.1, 0.15) is 11.2 Å². The molecule has 12 nitrogen and oxygen atoms in total. The fourth-order valence-electron chi connectivity index (χ4n) is 5.04. The van der Waals surface area contributed by atoms with Crippen LogP contribution in [0.25, 0.3) is 22.4 Å². The summed E-state index contributed by atoms with van der Waals surface area (Å²) in [5.74, 6) is 3.26. The fraction of sp³-hybridized carbons (Fsp3) is 0.440. The Labute approximate surface area is 223 Å². The van der Waals surface area contributed by atoms with Crippen molar-refractivity contribution in [2.45, 2.75) is 32.2 Å². The zero-order valence-corrected chi connectivity index (χ0v) is 21.3. The van der Waals surface area contributed by atoms with E-state index in [1.165, 1.54) is 12.3 Å². The van der Waals surface area contributed by atoms with Crippen molar-refractivity contribution in [2.24, 2.45) is 17.6 Å². The second-order valence-electron chi connectivity index (χ2n) is 9.39. The number of amides is 1. The minimum absolute atomic E-state index is 0.170. The van der Waals surface area contributed by atoms with E-state index in [0.717, 1.165) is 25.7 Å². The number of nitrogens with zero attached hydrogens (tertiary/aromatic N) is 5. The number of carbonyl (C=O) groups is 1. The summed E-state index contributed by atoms with van der Waals surface area (Å²) in [5, 5.41) is 8.45. The molecule has 0 atom stereocenters. The van der Waals surface area contributed by atoms with E-state index in [1.807, 2.05) is 4.57 Å². The van der Waals surface area contributed by atoms with Crippen molar-refractivity contribution in [1.82, 2.24) is 24.5 Å². The maximum atomic E-state index is 12.9. The lowest BCUT2D eigenvalue weighted by Gasteiger charge is -2.31. The van der Waals surface area contributed by atoms with E-state index < -0.39 is 17.6 Å². The van der Waals surface area contributed by atoms with Gasteiger partial charge in [-0.25, -0.2) is 14.8 Å². The molecule has 1 saturated heterocycles. The molecule has 0 radical (unpaired) electrons. The highest BCUT2D eigenvalue weighted by atomic mass is 35.5. The number of nitrogens with two attached hydrogens (primary N) is 1. The van der Waals surface area contributed by atoms with Gasteiger partial charge in [0.2, 0.25) is 11.8 Å². The summed E-state index contributed by atoms with van der Waals surface area (Å²) in [6.07, 6.45) is 9.68. The fourth-order valence-corrected chi connectivity index (χ4v) is 5.20. The van der Waals surface area contributed by atoms with Gasteiger partial charge in [0.05, 0.1) is 23.8 Å². The minimum Gasteiger partial charge on any atom is -0.388 e. The molecule has 3 aromatic rings. The van der Waals surface area contributed by atoms with Gasteiger partial charge in [0, 0.05) is 31.7 Å². The van der Waals surface area contributed by atoms with Crippen molar-refractivity contribution in [1.29, 1.82) is 5.41 Å². The normalized spacial score (nSPS) is 19.7. The number of aromatic nitrogens is 5. The molecule has 3 aromatic heterocycles. The number of rotatable bonds is 5. The first-order valence-electron chi connectivity index (χ1n) is 12.4. The van der Waals surface area contributed by atoms with Crippen LogP contribution in [-0.2, 0) is 16.0 Å². The average molecular weight is 539 g/mol. The molecule has 2 fully saturated rings. The molecule has 4 heterocycles. The van der Waals surface area contributed by atoms with Gasteiger partial charge >= 0.3 is 6.09 Å². The van der Waals surface area contributed by atoms with Crippen LogP contribution >= 0.6 is 11.6 Å². The molecule has 0 aromatic carbocycles. The van der Waals surface area contributed by atoms with E-state index in [9.17, 15) is 9.59 Å². The Hall–Kier alpha value is -3.95. The Bertz CT molecular complexity index is 1480. The number of halogens is 1. The van der Waals surface area contributed by atoms with Crippen LogP contribution in [0.5, 0.6) is 0 Å². The van der Waals surface area contributed by atoms with Crippen LogP contribution in [0.4, 0.5) is 10.7 Å². The van der Waals surface area contributed by atoms with Crippen molar-refractivity contribution in [3.05, 3.63) is 33.5 Å². The highest BCUT2D eigenvalue weighted by Crippen LogP contribution is 2.35. The van der Waals surface area contributed by atoms with Gasteiger partial charge in [-0.1, -0.05) is 11.6 Å². The van der Waals surface area contributed by atoms with E-state index in [1.54, 1.807) is 0 Å². The van der Waals surface area contributed by atoms with Crippen LogP contribution in [0.3, 0.4) is 0 Å². The average Bonchev–Trinajstić information content (AvgIpc) is 3.28. The number of ether oxygens (including phenoxy) is 2. The van der Waals surface area contributed by atoms with E-state index in [4.69, 9.17) is 43.6 Å². The Morgan fingerprint density at radius 1 is 1.26 bits per heavy atom. The molecule has 0 bridgehead atoms. The highest BCUT2D eigenvalue weighted by molar-refractivity contribution is 6.30. The molecule has 13 heteroatoms. The molecule has 0 unspecified atom stereocenters. The standard InChI is InChI=1S/C25H27ClN8O4/c1-2-14-3-5-15(6-4-14)13-34-19-18(17-11-16(26)12-29-23(17)35)30-22(20(27)38-24(28)36)31-21(19)32-25(34)33-7-9-37-10-8-33/h1,11-12,14-15,27H,3-10,13H2,(H2,28,36)(H,29,35). The first kappa shape index (κ1) is 25.7. The van der Waals surface area contributed by atoms with Crippen molar-refractivity contribution in [3.63, 3.8) is 0 Å². The monoisotopic (exact) mass is 538 g/mol. The summed E-state index contributed by atoms with van der Waals surface area (Å²) in [5.41, 5.74) is 5.83. The Morgan fingerprint density at radius 2 is 2.00 bits per heavy atom. The second kappa shape index (κ2) is 10.8. The lowest BCUT2D eigenvalue weighted by Crippen LogP contribution is -2.38. The minimum atomic E-state index is -1.18. The molecule has 38 heavy (non-hydrogen) atoms. The number of morpholine rings is 1. The number of nitrogens with one attached hydrogen (secondary N) is 2. The molecule has 1 aliphatic heterocycles. The smallest absolute Gasteiger partial charge is 0.388 e. The van der Waals surface area contributed by atoms with Crippen molar-refractivity contribution in [2.75, 3.05) is 31.2 Å². The largest absolute Gasteiger partial charge is 0.411 e. The van der Waals surface area contributed by atoms with Crippen LogP contribution in [0.1, 0.15) is 31.5 Å². The number of fused-ring (bicyclic) bond motifs is 1. The SMILES string of the molecule is C#CC1CCC(Cn2c(N3CCOCC3)nc3nc(C(=N)OC(N)=O)nc(-c4cc(Cl)c[nH]c4=O)c32)CC1. The van der Waals surface area contributed by atoms with Crippen molar-refractivity contribution in [3.8, 4) is 23.6 Å². The van der Waals surface area contributed by atoms with Crippen molar-refractivity contribution < 1.29 is 14.3 Å². The van der Waals surface area contributed by atoms with Crippen LogP contribution in [-0.4, -0.2) is 62.8 Å². The van der Waals surface area contributed by atoms with Crippen molar-refractivity contribution >= 4 is 40.7 Å². The van der Waals surface area contributed by atoms with Crippen LogP contribution in [0.2, 0.25) is 5.02 Å². The Kier molecular flexibility index (Phi) is 7.31. The molecule has 1 saturated carbocycles. The van der Waals surface area contributed by atoms with Gasteiger partial charge in [-0.15, -0.1) is 12.3 Å². The summed E-state index contributed by atoms with van der Waals surface area (Å²) in [6, 6.07) is 1.49. The van der Waals surface area contributed by atoms with E-state index in [-0.39, 0.29) is 28.6 Å². The van der Waals surface area contributed by atoms with E-state index in [2.05, 4.69) is 25.8 Å². The third kappa shape index (κ3) is 5.20. The number of aromatic amines is 1. The molecular formula is C25H27ClN8O4. The predicted octanol–water partition coefficient (Wildman–Crippen LogP) is 2.53. The van der Waals surface area contributed by atoms with Gasteiger partial charge in [-0.2, -0.15) is 4.98 Å². The molecule has 1 amide bonds. The molecule has 4 N–H and O–H groups in total. The third-order valence-corrected chi connectivity index (χ3v) is 7.15. The number of hydrogen-bond donors (Lipinski definition) is 3. The zero-order valence-electron chi connectivity index (χ0n) is 20.6. The van der Waals surface area contributed by atoms with Crippen LogP contribution < -0.4 is 16.2 Å². The van der Waals surface area contributed by atoms with Gasteiger partial charge in [-0.05, 0) is 37.7 Å². The van der Waals surface area contributed by atoms with Gasteiger partial charge in [0.25, 0.3) is 11.5 Å². The van der Waals surface area contributed by atoms with Gasteiger partial charge in [0.15, 0.2) is 5.65 Å². The highest BCUT2D eigenvalue weighted by Gasteiger charge is 2.29. The van der Waals surface area contributed by atoms with Gasteiger partial charge < -0.3 is 29.7 Å². The molecule has 2 aliphatic rings. The Morgan fingerprint density at radius 3 is 2.68 bits per heavy atom. The summed E-state index contributed by atoms with van der Waals surface area (Å²) < 4.78 is 12.3. The topological polar surface area (TPSA) is 165 Å². The predicted molar refractivity (Wildman–Crippen MR) is 141 cm³/mol. The molecule has 0 spiro atoms. The molecule has 198 valence electrons. The molecule has 5 rings (SSSR count). The number of primary amides is 1. The molecule has 1 aliphatic carbocycles. The summed E-state index contributed by atoms with van der Waals surface area (Å²) >= 11 is 6.24. The maximum absolute atomic E-state index is 12.9. The quantitative estimate of drug-likeness (QED) is 0.253. The number of hydrogen-bond acceptors (Lipinski definition) is 9. The summed E-state index contributed by atoms with van der Waals surface area (Å²) in [7, 11) is 0. The second-order valence-corrected chi connectivity index (χ2v) is 9.82. The van der Waals surface area contributed by atoms with Crippen LogP contribution in [0, 0.1) is 29.6 Å². The summed E-state index contributed by atoms with van der Waals surface area (Å²) in [6.45, 7) is 2.96. The summed E-state index contributed by atoms with van der Waals surface area (Å²) in [4.78, 5) is 42.7. The lowest BCUT2D eigenvalue weighted by molar-refractivity contribution is 0.121. The Balaban J connectivity index is 1.71. The molecular weight excluding hydrogens is 512 g/mol. The maximum Gasteiger partial charge on any atom is 0.411 e. The first-order valence-corrected chi connectivity index (χ1v) is 12.7. The number of H-pyrrole nitrogens is 1. The number of carbonyl (C=O) groups excluding carboxylic acids is 1. The zero-order chi connectivity index (χ0) is 26.8. The lowest BCUT2D eigenvalue weighted by atomic mass is 9.82. The van der Waals surface area contributed by atoms with E-state index >= 15 is 0 Å². The number of terminal acetylenes is 1. The number of anilines is 1. The first-order chi connectivity index (χ1) is 18.3. The number of pyridine rings is 1. The van der Waals surface area contributed by atoms with E-state index in [0.29, 0.717) is 55.3 Å². The number of imidazole rings is 1. The third-order valence-electron chi connectivity index (χ3n) is 6.93.